The van der Waals surface area contributed by atoms with Crippen LogP contribution in [0.2, 0.25) is 0 Å². The molecule has 0 amide bonds. The van der Waals surface area contributed by atoms with Crippen molar-refractivity contribution in [2.45, 2.75) is 19.5 Å². The third kappa shape index (κ3) is 3.26. The van der Waals surface area contributed by atoms with Crippen LogP contribution in [0.25, 0.3) is 11.4 Å². The molecule has 4 rings (SSSR count). The fraction of sp³-hybridized carbons (Fsp3) is 0.238. The highest BCUT2D eigenvalue weighted by atomic mass is 16.5. The van der Waals surface area contributed by atoms with E-state index in [9.17, 15) is 4.79 Å². The number of aromatic nitrogens is 2. The Labute approximate surface area is 152 Å². The Morgan fingerprint density at radius 2 is 1.88 bits per heavy atom. The van der Waals surface area contributed by atoms with Gasteiger partial charge in [-0.1, -0.05) is 42.5 Å². The van der Waals surface area contributed by atoms with Gasteiger partial charge in [0.05, 0.1) is 18.4 Å². The Kier molecular flexibility index (Phi) is 4.54. The van der Waals surface area contributed by atoms with Crippen LogP contribution >= 0.6 is 0 Å². The lowest BCUT2D eigenvalue weighted by Crippen LogP contribution is -2.35. The molecular weight excluding hydrogens is 326 g/mol. The van der Waals surface area contributed by atoms with Crippen LogP contribution in [-0.4, -0.2) is 28.5 Å². The lowest BCUT2D eigenvalue weighted by atomic mass is 10.0. The van der Waals surface area contributed by atoms with Gasteiger partial charge in [-0.25, -0.2) is 4.98 Å². The van der Waals surface area contributed by atoms with Gasteiger partial charge in [0.2, 0.25) is 0 Å². The number of H-pyrrole nitrogens is 1. The van der Waals surface area contributed by atoms with Crippen LogP contribution in [0.1, 0.15) is 16.8 Å². The minimum absolute atomic E-state index is 0.0460. The van der Waals surface area contributed by atoms with Crippen LogP contribution in [0.5, 0.6) is 5.75 Å². The number of rotatable bonds is 4. The molecule has 0 bridgehead atoms. The Balaban J connectivity index is 1.66. The second kappa shape index (κ2) is 7.14. The fourth-order valence-electron chi connectivity index (χ4n) is 3.44. The van der Waals surface area contributed by atoms with Gasteiger partial charge in [0.1, 0.15) is 11.6 Å². The molecule has 132 valence electrons. The molecule has 26 heavy (non-hydrogen) atoms. The Morgan fingerprint density at radius 3 is 2.69 bits per heavy atom. The first-order valence-electron chi connectivity index (χ1n) is 8.76. The van der Waals surface area contributed by atoms with Crippen molar-refractivity contribution in [1.82, 2.24) is 14.9 Å². The van der Waals surface area contributed by atoms with Crippen LogP contribution in [0.15, 0.2) is 59.4 Å². The molecule has 0 atom stereocenters. The molecule has 1 aromatic heterocycles. The standard InChI is InChI=1S/C21H21N3O2/c1-26-19-10-6-5-9-17(19)20-22-18-14-24(12-11-16(18)21(25)23-20)13-15-7-3-2-4-8-15/h2-10H,11-14H2,1H3,(H,22,23,25). The number of methoxy groups -OCH3 is 1. The van der Waals surface area contributed by atoms with Gasteiger partial charge in [0.25, 0.3) is 5.56 Å². The third-order valence-electron chi connectivity index (χ3n) is 4.76. The Bertz CT molecular complexity index is 966. The molecule has 0 fully saturated rings. The molecule has 0 aliphatic carbocycles. The summed E-state index contributed by atoms with van der Waals surface area (Å²) < 4.78 is 5.41. The summed E-state index contributed by atoms with van der Waals surface area (Å²) in [5.74, 6) is 1.26. The minimum Gasteiger partial charge on any atom is -0.496 e. The summed E-state index contributed by atoms with van der Waals surface area (Å²) in [6.07, 6.45) is 0.719. The van der Waals surface area contributed by atoms with E-state index in [2.05, 4.69) is 34.1 Å². The smallest absolute Gasteiger partial charge is 0.254 e. The summed E-state index contributed by atoms with van der Waals surface area (Å²) in [6.45, 7) is 2.40. The number of benzene rings is 2. The van der Waals surface area contributed by atoms with Crippen molar-refractivity contribution < 1.29 is 4.74 Å². The summed E-state index contributed by atoms with van der Waals surface area (Å²) in [7, 11) is 1.62. The second-order valence-corrected chi connectivity index (χ2v) is 6.49. The maximum Gasteiger partial charge on any atom is 0.254 e. The maximum absolute atomic E-state index is 12.6. The van der Waals surface area contributed by atoms with E-state index in [1.165, 1.54) is 5.56 Å². The molecule has 1 aliphatic rings. The van der Waals surface area contributed by atoms with Crippen molar-refractivity contribution in [2.24, 2.45) is 0 Å². The number of aromatic amines is 1. The average molecular weight is 347 g/mol. The quantitative estimate of drug-likeness (QED) is 0.788. The van der Waals surface area contributed by atoms with Gasteiger partial charge in [-0.3, -0.25) is 9.69 Å². The van der Waals surface area contributed by atoms with Crippen LogP contribution in [0, 0.1) is 0 Å². The number of fused-ring (bicyclic) bond motifs is 1. The highest BCUT2D eigenvalue weighted by molar-refractivity contribution is 5.64. The van der Waals surface area contributed by atoms with Gasteiger partial charge >= 0.3 is 0 Å². The number of para-hydroxylation sites is 1. The van der Waals surface area contributed by atoms with Crippen molar-refractivity contribution in [3.8, 4) is 17.1 Å². The van der Waals surface area contributed by atoms with Gasteiger partial charge in [0.15, 0.2) is 0 Å². The van der Waals surface area contributed by atoms with Crippen molar-refractivity contribution in [2.75, 3.05) is 13.7 Å². The van der Waals surface area contributed by atoms with Crippen LogP contribution < -0.4 is 10.3 Å². The average Bonchev–Trinajstić information content (AvgIpc) is 2.68. The molecule has 2 aromatic carbocycles. The molecule has 3 aromatic rings. The monoisotopic (exact) mass is 347 g/mol. The predicted octanol–water partition coefficient (Wildman–Crippen LogP) is 3.00. The van der Waals surface area contributed by atoms with Gasteiger partial charge in [-0.2, -0.15) is 0 Å². The van der Waals surface area contributed by atoms with Crippen LogP contribution in [-0.2, 0) is 19.5 Å². The minimum atomic E-state index is -0.0460. The van der Waals surface area contributed by atoms with E-state index in [4.69, 9.17) is 9.72 Å². The molecule has 0 radical (unpaired) electrons. The maximum atomic E-state index is 12.6. The number of hydrogen-bond donors (Lipinski definition) is 1. The zero-order valence-electron chi connectivity index (χ0n) is 14.7. The van der Waals surface area contributed by atoms with Crippen molar-refractivity contribution in [3.63, 3.8) is 0 Å². The van der Waals surface area contributed by atoms with Gasteiger partial charge in [-0.15, -0.1) is 0 Å². The van der Waals surface area contributed by atoms with E-state index < -0.39 is 0 Å². The van der Waals surface area contributed by atoms with Crippen molar-refractivity contribution in [1.29, 1.82) is 0 Å². The van der Waals surface area contributed by atoms with E-state index in [0.29, 0.717) is 18.1 Å². The lowest BCUT2D eigenvalue weighted by Gasteiger charge is -2.27. The summed E-state index contributed by atoms with van der Waals surface area (Å²) in [5.41, 5.74) is 3.68. The summed E-state index contributed by atoms with van der Waals surface area (Å²) in [5, 5.41) is 0. The molecule has 0 unspecified atom stereocenters. The molecule has 1 N–H and O–H groups in total. The highest BCUT2D eigenvalue weighted by Gasteiger charge is 2.22. The van der Waals surface area contributed by atoms with Crippen molar-refractivity contribution in [3.05, 3.63) is 81.8 Å². The van der Waals surface area contributed by atoms with E-state index in [0.717, 1.165) is 36.3 Å². The molecule has 1 aliphatic heterocycles. The molecule has 0 spiro atoms. The van der Waals surface area contributed by atoms with Gasteiger partial charge < -0.3 is 9.72 Å². The Hall–Kier alpha value is -2.92. The summed E-state index contributed by atoms with van der Waals surface area (Å²) >= 11 is 0. The molecule has 5 nitrogen and oxygen atoms in total. The van der Waals surface area contributed by atoms with E-state index in [1.54, 1.807) is 7.11 Å². The number of hydrogen-bond acceptors (Lipinski definition) is 4. The first-order chi connectivity index (χ1) is 12.7. The molecule has 5 heteroatoms. The van der Waals surface area contributed by atoms with Gasteiger partial charge in [0, 0.05) is 25.2 Å². The summed E-state index contributed by atoms with van der Waals surface area (Å²) in [6, 6.07) is 18.0. The predicted molar refractivity (Wildman–Crippen MR) is 101 cm³/mol. The zero-order chi connectivity index (χ0) is 17.9. The number of nitrogens with one attached hydrogen (secondary N) is 1. The summed E-state index contributed by atoms with van der Waals surface area (Å²) in [4.78, 5) is 22.6. The SMILES string of the molecule is COc1ccccc1-c1nc2c(c(=O)[nH]1)CCN(Cc1ccccc1)C2. The number of nitrogens with zero attached hydrogens (tertiary/aromatic N) is 2. The van der Waals surface area contributed by atoms with Gasteiger partial charge in [-0.05, 0) is 24.1 Å². The van der Waals surface area contributed by atoms with Crippen LogP contribution in [0.3, 0.4) is 0 Å². The lowest BCUT2D eigenvalue weighted by molar-refractivity contribution is 0.240. The third-order valence-corrected chi connectivity index (χ3v) is 4.76. The molecule has 2 heterocycles. The Morgan fingerprint density at radius 1 is 1.12 bits per heavy atom. The normalized spacial score (nSPS) is 14.0. The second-order valence-electron chi connectivity index (χ2n) is 6.49. The zero-order valence-corrected chi connectivity index (χ0v) is 14.7. The first kappa shape index (κ1) is 16.5. The molecular formula is C21H21N3O2. The largest absolute Gasteiger partial charge is 0.496 e. The topological polar surface area (TPSA) is 58.2 Å². The number of ether oxygens (including phenoxy) is 1. The van der Waals surface area contributed by atoms with E-state index in [-0.39, 0.29) is 5.56 Å². The van der Waals surface area contributed by atoms with E-state index >= 15 is 0 Å². The first-order valence-corrected chi connectivity index (χ1v) is 8.76. The van der Waals surface area contributed by atoms with Crippen molar-refractivity contribution >= 4 is 0 Å². The fourth-order valence-corrected chi connectivity index (χ4v) is 3.44. The van der Waals surface area contributed by atoms with E-state index in [1.807, 2.05) is 30.3 Å². The molecule has 0 saturated carbocycles. The highest BCUT2D eigenvalue weighted by Crippen LogP contribution is 2.27. The molecule has 0 saturated heterocycles. The van der Waals surface area contributed by atoms with Crippen LogP contribution in [0.4, 0.5) is 0 Å².